The average molecular weight is 869 g/mol. The van der Waals surface area contributed by atoms with Crippen LogP contribution in [0.3, 0.4) is 0 Å². The molecule has 10 rings (SSSR count). The molecule has 0 amide bonds. The zero-order chi connectivity index (χ0) is 44.5. The minimum absolute atomic E-state index is 0.0242. The van der Waals surface area contributed by atoms with E-state index in [4.69, 9.17) is 14.6 Å². The van der Waals surface area contributed by atoms with Gasteiger partial charge in [0.15, 0.2) is 23.1 Å². The second kappa shape index (κ2) is 17.8. The van der Waals surface area contributed by atoms with Gasteiger partial charge in [-0.15, -0.1) is 0 Å². The number of nitrogens with zero attached hydrogens (tertiary/aromatic N) is 7. The van der Waals surface area contributed by atoms with Gasteiger partial charge >= 0.3 is 11.9 Å². The number of rotatable bonds is 7. The molecule has 0 aliphatic carbocycles. The number of carbonyl (C=O) groups is 2. The van der Waals surface area contributed by atoms with E-state index in [2.05, 4.69) is 25.3 Å². The van der Waals surface area contributed by atoms with Crippen LogP contribution in [-0.2, 0) is 12.8 Å². The number of carboxylic acid groups (broad SMARTS) is 2. The maximum Gasteiger partial charge on any atom is 0.341 e. The number of pyridine rings is 2. The van der Waals surface area contributed by atoms with E-state index in [9.17, 15) is 33.1 Å². The molecule has 2 fully saturated rings. The number of nitrogens with one attached hydrogen (secondary N) is 1. The van der Waals surface area contributed by atoms with Crippen LogP contribution >= 0.6 is 0 Å². The smallest absolute Gasteiger partial charge is 0.341 e. The molecule has 63 heavy (non-hydrogen) atoms. The number of aromatic carboxylic acids is 2. The van der Waals surface area contributed by atoms with Crippen LogP contribution in [0.15, 0.2) is 71.0 Å². The van der Waals surface area contributed by atoms with E-state index < -0.39 is 45.8 Å². The molecule has 0 unspecified atom stereocenters. The molecule has 0 bridgehead atoms. The average Bonchev–Trinajstić information content (AvgIpc) is 3.96. The third-order valence-corrected chi connectivity index (χ3v) is 11.7. The zero-order valence-electron chi connectivity index (χ0n) is 34.3. The number of hydrogen-bond acceptors (Lipinski definition) is 12. The van der Waals surface area contributed by atoms with Crippen molar-refractivity contribution < 1.29 is 42.4 Å². The van der Waals surface area contributed by atoms with Gasteiger partial charge in [0, 0.05) is 63.1 Å². The van der Waals surface area contributed by atoms with Gasteiger partial charge in [0.05, 0.1) is 33.9 Å². The summed E-state index contributed by atoms with van der Waals surface area (Å²) in [4.78, 5) is 66.3. The third kappa shape index (κ3) is 8.52. The Kier molecular flexibility index (Phi) is 12.1. The van der Waals surface area contributed by atoms with Gasteiger partial charge in [-0.25, -0.2) is 38.3 Å². The van der Waals surface area contributed by atoms with Gasteiger partial charge in [0.25, 0.3) is 0 Å². The number of hydrogen-bond donors (Lipinski definition) is 3. The van der Waals surface area contributed by atoms with Crippen molar-refractivity contribution in [2.75, 3.05) is 44.3 Å². The van der Waals surface area contributed by atoms with Gasteiger partial charge in [0.1, 0.15) is 41.7 Å². The van der Waals surface area contributed by atoms with Crippen molar-refractivity contribution in [3.05, 3.63) is 122 Å². The summed E-state index contributed by atoms with van der Waals surface area (Å²) in [5.74, 6) is -3.05. The SMILES string of the molecule is C[C@H]1COc2c(F)c(F)cc3c(=O)c(C(=O)O)cn1c23.C[C@H]1COc2c(N3CC[C@@H](Cc4ncccn4)C3)c(F)cc3c(=O)c(C(=O)O)cn1c23.c1cnc(C[C@@H]2CCNC2)nc1. The Morgan fingerprint density at radius 2 is 1.25 bits per heavy atom. The highest BCUT2D eigenvalue weighted by Gasteiger charge is 2.34. The molecule has 4 aliphatic rings. The van der Waals surface area contributed by atoms with E-state index in [1.165, 1.54) is 17.2 Å². The monoisotopic (exact) mass is 868 g/mol. The highest BCUT2D eigenvalue weighted by atomic mass is 19.2. The molecule has 4 aromatic heterocycles. The molecule has 328 valence electrons. The molecule has 4 atom stereocenters. The molecule has 6 aromatic rings. The summed E-state index contributed by atoms with van der Waals surface area (Å²) in [6.45, 7) is 7.44. The minimum atomic E-state index is -1.41. The highest BCUT2D eigenvalue weighted by Crippen LogP contribution is 2.43. The van der Waals surface area contributed by atoms with Crippen LogP contribution in [0.2, 0.25) is 0 Å². The predicted octanol–water partition coefficient (Wildman–Crippen LogP) is 5.21. The first-order valence-corrected chi connectivity index (χ1v) is 20.5. The Balaban J connectivity index is 0.000000145. The maximum atomic E-state index is 15.3. The largest absolute Gasteiger partial charge is 0.487 e. The lowest BCUT2D eigenvalue weighted by Gasteiger charge is -2.31. The summed E-state index contributed by atoms with van der Waals surface area (Å²) in [6.07, 6.45) is 13.4. The Hall–Kier alpha value is -6.89. The maximum absolute atomic E-state index is 15.3. The first-order valence-electron chi connectivity index (χ1n) is 20.5. The fraction of sp³-hybridized carbons (Fsp3) is 0.364. The molecule has 2 aromatic carbocycles. The van der Waals surface area contributed by atoms with Gasteiger partial charge in [-0.3, -0.25) is 9.59 Å². The minimum Gasteiger partial charge on any atom is -0.487 e. The van der Waals surface area contributed by atoms with Gasteiger partial charge in [-0.05, 0) is 75.9 Å². The summed E-state index contributed by atoms with van der Waals surface area (Å²) in [5.41, 5.74) is -1.57. The molecule has 19 heteroatoms. The summed E-state index contributed by atoms with van der Waals surface area (Å²) in [6, 6.07) is 5.00. The second-order valence-electron chi connectivity index (χ2n) is 16.0. The number of benzene rings is 2. The molecule has 4 aliphatic heterocycles. The highest BCUT2D eigenvalue weighted by molar-refractivity contribution is 5.97. The molecular weight excluding hydrogens is 826 g/mol. The molecule has 2 saturated heterocycles. The van der Waals surface area contributed by atoms with E-state index in [1.807, 2.05) is 30.3 Å². The Morgan fingerprint density at radius 3 is 1.78 bits per heavy atom. The molecule has 3 N–H and O–H groups in total. The lowest BCUT2D eigenvalue weighted by atomic mass is 10.0. The van der Waals surface area contributed by atoms with Crippen LogP contribution in [-0.4, -0.2) is 90.6 Å². The van der Waals surface area contributed by atoms with Crippen LogP contribution in [0, 0.1) is 29.3 Å². The molecule has 8 heterocycles. The Bertz CT molecular complexity index is 2840. The van der Waals surface area contributed by atoms with E-state index in [0.29, 0.717) is 42.5 Å². The fourth-order valence-corrected chi connectivity index (χ4v) is 8.48. The van der Waals surface area contributed by atoms with Crippen molar-refractivity contribution >= 4 is 39.4 Å². The molecule has 0 saturated carbocycles. The topological polar surface area (TPSA) is 204 Å². The number of ether oxygens (including phenoxy) is 2. The summed E-state index contributed by atoms with van der Waals surface area (Å²) >= 11 is 0. The Labute approximate surface area is 357 Å². The van der Waals surface area contributed by atoms with Gasteiger partial charge in [0.2, 0.25) is 16.7 Å². The summed E-state index contributed by atoms with van der Waals surface area (Å²) < 4.78 is 56.8. The van der Waals surface area contributed by atoms with Crippen molar-refractivity contribution in [1.29, 1.82) is 0 Å². The molecule has 16 nitrogen and oxygen atoms in total. The summed E-state index contributed by atoms with van der Waals surface area (Å²) in [5, 5.41) is 21.6. The standard InChI is InChI=1S/C22H21FN4O4.C13H9F2NO4.C9H13N3/c1-12-11-31-21-18-14(20(28)15(22(29)30)10-27(12)18)8-16(23)19(21)26-6-3-13(9-26)7-17-24-4-2-5-25-17;1-5-4-20-12-9(15)8(14)2-6-10(12)16(5)3-7(11(6)17)13(18)19;1-3-11-9(12-4-1)6-8-2-5-10-7-8/h2,4-5,8,10,12-13H,3,6-7,9,11H2,1H3,(H,29,30);2-3,5H,4H2,1H3,(H,18,19);1,3-4,8,10H,2,5-7H2/t12-,13-;5-;8-/m000/s1. The zero-order valence-corrected chi connectivity index (χ0v) is 34.3. The number of carboxylic acids is 2. The van der Waals surface area contributed by atoms with Gasteiger partial charge in [-0.2, -0.15) is 4.39 Å². The van der Waals surface area contributed by atoms with Crippen molar-refractivity contribution in [3.63, 3.8) is 0 Å². The molecular formula is C44H43F3N8O8. The Morgan fingerprint density at radius 1 is 0.746 bits per heavy atom. The van der Waals surface area contributed by atoms with E-state index in [-0.39, 0.29) is 58.8 Å². The van der Waals surface area contributed by atoms with Crippen molar-refractivity contribution in [3.8, 4) is 11.5 Å². The first-order chi connectivity index (χ1) is 30.3. The van der Waals surface area contributed by atoms with Crippen molar-refractivity contribution in [2.24, 2.45) is 11.8 Å². The van der Waals surface area contributed by atoms with E-state index in [0.717, 1.165) is 55.8 Å². The van der Waals surface area contributed by atoms with Crippen molar-refractivity contribution in [1.82, 2.24) is 34.4 Å². The first kappa shape index (κ1) is 42.8. The second-order valence-corrected chi connectivity index (χ2v) is 16.0. The third-order valence-electron chi connectivity index (χ3n) is 11.7. The van der Waals surface area contributed by atoms with Crippen molar-refractivity contribution in [2.45, 2.75) is 51.6 Å². The van der Waals surface area contributed by atoms with Crippen LogP contribution in [0.5, 0.6) is 11.5 Å². The number of aromatic nitrogens is 6. The summed E-state index contributed by atoms with van der Waals surface area (Å²) in [7, 11) is 0. The lowest BCUT2D eigenvalue weighted by Crippen LogP contribution is -2.29. The number of halogens is 3. The quantitative estimate of drug-likeness (QED) is 0.189. The normalized spacial score (nSPS) is 19.7. The van der Waals surface area contributed by atoms with Crippen LogP contribution in [0.1, 0.15) is 71.1 Å². The van der Waals surface area contributed by atoms with Crippen LogP contribution < -0.4 is 30.5 Å². The molecule has 0 radical (unpaired) electrons. The van der Waals surface area contributed by atoms with E-state index >= 15 is 4.39 Å². The van der Waals surface area contributed by atoms with Gasteiger partial charge in [-0.1, -0.05) is 0 Å². The fourth-order valence-electron chi connectivity index (χ4n) is 8.48. The lowest BCUT2D eigenvalue weighted by molar-refractivity contribution is 0.0683. The van der Waals surface area contributed by atoms with E-state index in [1.54, 1.807) is 30.0 Å². The van der Waals surface area contributed by atoms with Crippen LogP contribution in [0.4, 0.5) is 18.9 Å². The predicted molar refractivity (Wildman–Crippen MR) is 223 cm³/mol. The molecule has 0 spiro atoms. The van der Waals surface area contributed by atoms with Crippen LogP contribution in [0.25, 0.3) is 21.8 Å². The number of anilines is 1. The van der Waals surface area contributed by atoms with Gasteiger partial charge < -0.3 is 39.0 Å².